The van der Waals surface area contributed by atoms with Crippen LogP contribution in [-0.2, 0) is 6.42 Å². The number of hydrogen-bond donors (Lipinski definition) is 1. The molecule has 102 valence electrons. The van der Waals surface area contributed by atoms with Gasteiger partial charge in [-0.15, -0.1) is 0 Å². The second-order valence-corrected chi connectivity index (χ2v) is 5.62. The smallest absolute Gasteiger partial charge is 0.112 e. The minimum atomic E-state index is 0.247. The molecule has 0 spiro atoms. The minimum absolute atomic E-state index is 0.247. The molecule has 1 unspecified atom stereocenters. The lowest BCUT2D eigenvalue weighted by Gasteiger charge is -2.15. The Kier molecular flexibility index (Phi) is 3.69. The lowest BCUT2D eigenvalue weighted by atomic mass is 10.2. The number of nitrogens with zero attached hydrogens (tertiary/aromatic N) is 2. The van der Waals surface area contributed by atoms with Crippen LogP contribution in [0.25, 0.3) is 11.0 Å². The van der Waals surface area contributed by atoms with Gasteiger partial charge in [0, 0.05) is 29.3 Å². The first-order valence-electron chi connectivity index (χ1n) is 6.41. The van der Waals surface area contributed by atoms with E-state index in [9.17, 15) is 0 Å². The fourth-order valence-electron chi connectivity index (χ4n) is 2.17. The lowest BCUT2D eigenvalue weighted by molar-refractivity contribution is 0.498. The van der Waals surface area contributed by atoms with Crippen LogP contribution in [0.3, 0.4) is 0 Å². The number of hydrogen-bond acceptors (Lipinski definition) is 4. The molecule has 0 radical (unpaired) electrons. The fourth-order valence-corrected chi connectivity index (χ4v) is 2.49. The Morgan fingerprint density at radius 1 is 1.35 bits per heavy atom. The van der Waals surface area contributed by atoms with Gasteiger partial charge in [-0.1, -0.05) is 0 Å². The zero-order chi connectivity index (χ0) is 13.9. The largest absolute Gasteiger partial charge is 0.469 e. The SMILES string of the molecule is CC(Cc1ccco1)Nc1ccnc2cc(Br)cnc12. The van der Waals surface area contributed by atoms with E-state index >= 15 is 0 Å². The van der Waals surface area contributed by atoms with Gasteiger partial charge in [-0.2, -0.15) is 0 Å². The van der Waals surface area contributed by atoms with Gasteiger partial charge < -0.3 is 9.73 Å². The number of halogens is 1. The van der Waals surface area contributed by atoms with E-state index in [-0.39, 0.29) is 6.04 Å². The highest BCUT2D eigenvalue weighted by molar-refractivity contribution is 9.10. The van der Waals surface area contributed by atoms with Crippen molar-refractivity contribution in [1.29, 1.82) is 0 Å². The number of fused-ring (bicyclic) bond motifs is 1. The molecule has 20 heavy (non-hydrogen) atoms. The molecule has 3 aromatic rings. The second kappa shape index (κ2) is 5.63. The van der Waals surface area contributed by atoms with Crippen molar-refractivity contribution >= 4 is 32.7 Å². The lowest BCUT2D eigenvalue weighted by Crippen LogP contribution is -2.18. The highest BCUT2D eigenvalue weighted by atomic mass is 79.9. The van der Waals surface area contributed by atoms with Crippen molar-refractivity contribution in [1.82, 2.24) is 9.97 Å². The molecule has 0 fully saturated rings. The molecule has 1 atom stereocenters. The Balaban J connectivity index is 1.83. The van der Waals surface area contributed by atoms with Crippen LogP contribution in [0.1, 0.15) is 12.7 Å². The second-order valence-electron chi connectivity index (χ2n) is 4.71. The Hall–Kier alpha value is -1.88. The molecule has 0 saturated carbocycles. The van der Waals surface area contributed by atoms with Crippen molar-refractivity contribution in [3.63, 3.8) is 0 Å². The molecule has 0 aliphatic heterocycles. The molecule has 5 heteroatoms. The van der Waals surface area contributed by atoms with E-state index in [1.54, 1.807) is 18.7 Å². The molecular weight excluding hydrogens is 318 g/mol. The van der Waals surface area contributed by atoms with Gasteiger partial charge in [0.1, 0.15) is 11.3 Å². The summed E-state index contributed by atoms with van der Waals surface area (Å²) in [5.41, 5.74) is 2.73. The predicted molar refractivity (Wildman–Crippen MR) is 82.7 cm³/mol. The number of aromatic nitrogens is 2. The predicted octanol–water partition coefficient (Wildman–Crippen LogP) is 4.03. The molecule has 1 N–H and O–H groups in total. The fraction of sp³-hybridized carbons (Fsp3) is 0.200. The molecule has 3 aromatic heterocycles. The van der Waals surface area contributed by atoms with Gasteiger partial charge in [0.15, 0.2) is 0 Å². The van der Waals surface area contributed by atoms with Gasteiger partial charge in [0.25, 0.3) is 0 Å². The van der Waals surface area contributed by atoms with Crippen LogP contribution in [0.5, 0.6) is 0 Å². The average molecular weight is 332 g/mol. The summed E-state index contributed by atoms with van der Waals surface area (Å²) in [6.45, 7) is 2.12. The summed E-state index contributed by atoms with van der Waals surface area (Å²) in [6, 6.07) is 8.05. The van der Waals surface area contributed by atoms with Crippen LogP contribution in [0.2, 0.25) is 0 Å². The quantitative estimate of drug-likeness (QED) is 0.784. The Bertz CT molecular complexity index is 712. The van der Waals surface area contributed by atoms with Gasteiger partial charge >= 0.3 is 0 Å². The van der Waals surface area contributed by atoms with E-state index in [4.69, 9.17) is 4.42 Å². The highest BCUT2D eigenvalue weighted by Crippen LogP contribution is 2.23. The van der Waals surface area contributed by atoms with Gasteiger partial charge in [0.05, 0.1) is 17.5 Å². The van der Waals surface area contributed by atoms with Crippen molar-refractivity contribution in [3.8, 4) is 0 Å². The maximum Gasteiger partial charge on any atom is 0.112 e. The van der Waals surface area contributed by atoms with Crippen molar-refractivity contribution in [2.75, 3.05) is 5.32 Å². The molecule has 0 bridgehead atoms. The summed E-state index contributed by atoms with van der Waals surface area (Å²) in [6.07, 6.45) is 6.10. The van der Waals surface area contributed by atoms with E-state index in [1.807, 2.05) is 24.3 Å². The topological polar surface area (TPSA) is 51.0 Å². The summed E-state index contributed by atoms with van der Waals surface area (Å²) in [7, 11) is 0. The highest BCUT2D eigenvalue weighted by Gasteiger charge is 2.09. The molecule has 0 aliphatic rings. The van der Waals surface area contributed by atoms with Gasteiger partial charge in [-0.05, 0) is 47.1 Å². The van der Waals surface area contributed by atoms with Crippen LogP contribution in [0.15, 0.2) is 51.8 Å². The van der Waals surface area contributed by atoms with Gasteiger partial charge in [-0.25, -0.2) is 0 Å². The van der Waals surface area contributed by atoms with E-state index < -0.39 is 0 Å². The molecule has 0 aliphatic carbocycles. The number of furan rings is 1. The standard InChI is InChI=1S/C15H14BrN3O/c1-10(7-12-3-2-6-20-12)19-13-4-5-17-14-8-11(16)9-18-15(13)14/h2-6,8-10H,7H2,1H3,(H,17,19). The van der Waals surface area contributed by atoms with Gasteiger partial charge in [0.2, 0.25) is 0 Å². The number of rotatable bonds is 4. The zero-order valence-corrected chi connectivity index (χ0v) is 12.6. The molecular formula is C15H14BrN3O. The van der Waals surface area contributed by atoms with E-state index in [0.29, 0.717) is 0 Å². The molecule has 0 aromatic carbocycles. The summed E-state index contributed by atoms with van der Waals surface area (Å²) in [4.78, 5) is 8.77. The van der Waals surface area contributed by atoms with Crippen molar-refractivity contribution in [2.24, 2.45) is 0 Å². The third-order valence-electron chi connectivity index (χ3n) is 3.03. The number of nitrogens with one attached hydrogen (secondary N) is 1. The van der Waals surface area contributed by atoms with Crippen LogP contribution in [-0.4, -0.2) is 16.0 Å². The number of anilines is 1. The first-order chi connectivity index (χ1) is 9.72. The van der Waals surface area contributed by atoms with Gasteiger partial charge in [-0.3, -0.25) is 9.97 Å². The summed E-state index contributed by atoms with van der Waals surface area (Å²) < 4.78 is 6.30. The van der Waals surface area contributed by atoms with Crippen LogP contribution < -0.4 is 5.32 Å². The van der Waals surface area contributed by atoms with Crippen molar-refractivity contribution in [3.05, 3.63) is 53.2 Å². The Morgan fingerprint density at radius 2 is 2.25 bits per heavy atom. The average Bonchev–Trinajstić information content (AvgIpc) is 2.91. The van der Waals surface area contributed by atoms with Crippen LogP contribution in [0, 0.1) is 0 Å². The third-order valence-corrected chi connectivity index (χ3v) is 3.47. The van der Waals surface area contributed by atoms with Crippen molar-refractivity contribution < 1.29 is 4.42 Å². The molecule has 4 nitrogen and oxygen atoms in total. The third kappa shape index (κ3) is 2.82. The van der Waals surface area contributed by atoms with Crippen LogP contribution in [0.4, 0.5) is 5.69 Å². The molecule has 0 saturated heterocycles. The Labute approximate surface area is 125 Å². The summed E-state index contributed by atoms with van der Waals surface area (Å²) in [5, 5.41) is 3.46. The maximum atomic E-state index is 5.37. The maximum absolute atomic E-state index is 5.37. The minimum Gasteiger partial charge on any atom is -0.469 e. The Morgan fingerprint density at radius 3 is 3.05 bits per heavy atom. The molecule has 3 heterocycles. The first-order valence-corrected chi connectivity index (χ1v) is 7.21. The first kappa shape index (κ1) is 13.1. The van der Waals surface area contributed by atoms with E-state index in [2.05, 4.69) is 38.1 Å². The van der Waals surface area contributed by atoms with E-state index in [1.165, 1.54) is 0 Å². The molecule has 0 amide bonds. The van der Waals surface area contributed by atoms with Crippen molar-refractivity contribution in [2.45, 2.75) is 19.4 Å². The normalized spacial score (nSPS) is 12.5. The monoisotopic (exact) mass is 331 g/mol. The summed E-state index contributed by atoms with van der Waals surface area (Å²) in [5.74, 6) is 0.971. The van der Waals surface area contributed by atoms with E-state index in [0.717, 1.165) is 33.4 Å². The molecule has 3 rings (SSSR count). The number of pyridine rings is 2. The zero-order valence-electron chi connectivity index (χ0n) is 11.0. The van der Waals surface area contributed by atoms with Crippen LogP contribution >= 0.6 is 15.9 Å². The summed E-state index contributed by atoms with van der Waals surface area (Å²) >= 11 is 3.41.